The lowest BCUT2D eigenvalue weighted by atomic mass is 9.66. The SMILES string of the molecule is CC(C)C1(C(=O)NCCC(c2ccccc2)c2ccccc2)CCCCC1. The number of hydrogen-bond acceptors (Lipinski definition) is 1. The molecule has 144 valence electrons. The second kappa shape index (κ2) is 9.21. The minimum atomic E-state index is -0.159. The molecule has 0 radical (unpaired) electrons. The van der Waals surface area contributed by atoms with E-state index in [-0.39, 0.29) is 11.3 Å². The van der Waals surface area contributed by atoms with Gasteiger partial charge in [-0.25, -0.2) is 0 Å². The Kier molecular flexibility index (Phi) is 6.71. The van der Waals surface area contributed by atoms with Gasteiger partial charge in [0, 0.05) is 12.5 Å². The highest BCUT2D eigenvalue weighted by atomic mass is 16.2. The predicted molar refractivity (Wildman–Crippen MR) is 113 cm³/mol. The van der Waals surface area contributed by atoms with Gasteiger partial charge in [-0.1, -0.05) is 93.8 Å². The molecule has 0 aromatic heterocycles. The van der Waals surface area contributed by atoms with Crippen molar-refractivity contribution in [3.63, 3.8) is 0 Å². The smallest absolute Gasteiger partial charge is 0.226 e. The number of nitrogens with one attached hydrogen (secondary N) is 1. The fourth-order valence-electron chi connectivity index (χ4n) is 4.65. The number of benzene rings is 2. The average molecular weight is 364 g/mol. The Bertz CT molecular complexity index is 662. The molecule has 0 unspecified atom stereocenters. The Balaban J connectivity index is 1.68. The molecule has 0 bridgehead atoms. The lowest BCUT2D eigenvalue weighted by Gasteiger charge is -2.39. The van der Waals surface area contributed by atoms with E-state index in [0.717, 1.165) is 25.8 Å². The molecule has 0 atom stereocenters. The molecule has 0 heterocycles. The van der Waals surface area contributed by atoms with Crippen molar-refractivity contribution in [1.82, 2.24) is 5.32 Å². The number of carbonyl (C=O) groups excluding carboxylic acids is 1. The normalized spacial score (nSPS) is 16.4. The van der Waals surface area contributed by atoms with E-state index in [1.165, 1.54) is 30.4 Å². The Hall–Kier alpha value is -2.09. The number of rotatable bonds is 7. The van der Waals surface area contributed by atoms with E-state index in [0.29, 0.717) is 11.8 Å². The molecule has 0 aliphatic heterocycles. The summed E-state index contributed by atoms with van der Waals surface area (Å²) < 4.78 is 0. The molecule has 0 saturated heterocycles. The second-order valence-electron chi connectivity index (χ2n) is 8.29. The highest BCUT2D eigenvalue weighted by Crippen LogP contribution is 2.42. The van der Waals surface area contributed by atoms with Gasteiger partial charge >= 0.3 is 0 Å². The van der Waals surface area contributed by atoms with E-state index in [2.05, 4.69) is 79.8 Å². The minimum Gasteiger partial charge on any atom is -0.356 e. The lowest BCUT2D eigenvalue weighted by Crippen LogP contribution is -2.46. The van der Waals surface area contributed by atoms with Gasteiger partial charge < -0.3 is 5.32 Å². The highest BCUT2D eigenvalue weighted by Gasteiger charge is 2.41. The van der Waals surface area contributed by atoms with Gasteiger partial charge in [-0.3, -0.25) is 4.79 Å². The van der Waals surface area contributed by atoms with Crippen LogP contribution in [0.2, 0.25) is 0 Å². The molecule has 27 heavy (non-hydrogen) atoms. The van der Waals surface area contributed by atoms with Crippen molar-refractivity contribution in [3.05, 3.63) is 71.8 Å². The van der Waals surface area contributed by atoms with Gasteiger partial charge in [0.1, 0.15) is 0 Å². The molecule has 2 aromatic rings. The Morgan fingerprint density at radius 1 is 0.889 bits per heavy atom. The third-order valence-corrected chi connectivity index (χ3v) is 6.43. The van der Waals surface area contributed by atoms with E-state index in [9.17, 15) is 4.79 Å². The van der Waals surface area contributed by atoms with Crippen LogP contribution in [0.25, 0.3) is 0 Å². The first-order valence-electron chi connectivity index (χ1n) is 10.5. The highest BCUT2D eigenvalue weighted by molar-refractivity contribution is 5.83. The van der Waals surface area contributed by atoms with Crippen LogP contribution >= 0.6 is 0 Å². The van der Waals surface area contributed by atoms with Crippen LogP contribution < -0.4 is 5.32 Å². The first-order valence-corrected chi connectivity index (χ1v) is 10.5. The van der Waals surface area contributed by atoms with Crippen molar-refractivity contribution < 1.29 is 4.79 Å². The van der Waals surface area contributed by atoms with Crippen LogP contribution in [0.1, 0.15) is 69.4 Å². The summed E-state index contributed by atoms with van der Waals surface area (Å²) in [4.78, 5) is 13.1. The quantitative estimate of drug-likeness (QED) is 0.649. The maximum absolute atomic E-state index is 13.1. The summed E-state index contributed by atoms with van der Waals surface area (Å²) in [5.74, 6) is 0.989. The van der Waals surface area contributed by atoms with Gasteiger partial charge in [0.2, 0.25) is 5.91 Å². The maximum atomic E-state index is 13.1. The van der Waals surface area contributed by atoms with E-state index in [1.807, 2.05) is 0 Å². The van der Waals surface area contributed by atoms with Crippen molar-refractivity contribution in [1.29, 1.82) is 0 Å². The molecule has 2 nitrogen and oxygen atoms in total. The fraction of sp³-hybridized carbons (Fsp3) is 0.480. The maximum Gasteiger partial charge on any atom is 0.226 e. The number of hydrogen-bond donors (Lipinski definition) is 1. The monoisotopic (exact) mass is 363 g/mol. The molecule has 1 fully saturated rings. The molecular weight excluding hydrogens is 330 g/mol. The fourth-order valence-corrected chi connectivity index (χ4v) is 4.65. The zero-order chi connectivity index (χ0) is 19.1. The van der Waals surface area contributed by atoms with Crippen molar-refractivity contribution in [2.24, 2.45) is 11.3 Å². The topological polar surface area (TPSA) is 29.1 Å². The average Bonchev–Trinajstić information content (AvgIpc) is 2.72. The summed E-state index contributed by atoms with van der Waals surface area (Å²) >= 11 is 0. The van der Waals surface area contributed by atoms with E-state index < -0.39 is 0 Å². The van der Waals surface area contributed by atoms with Gasteiger partial charge in [0.15, 0.2) is 0 Å². The summed E-state index contributed by atoms with van der Waals surface area (Å²) in [6, 6.07) is 21.3. The Morgan fingerprint density at radius 3 is 1.89 bits per heavy atom. The van der Waals surface area contributed by atoms with Crippen LogP contribution in [0.15, 0.2) is 60.7 Å². The second-order valence-corrected chi connectivity index (χ2v) is 8.29. The van der Waals surface area contributed by atoms with Crippen LogP contribution in [0, 0.1) is 11.3 Å². The molecule has 1 N–H and O–H groups in total. The van der Waals surface area contributed by atoms with E-state index >= 15 is 0 Å². The molecule has 0 spiro atoms. The van der Waals surface area contributed by atoms with Gasteiger partial charge in [-0.05, 0) is 36.3 Å². The van der Waals surface area contributed by atoms with Crippen LogP contribution in [0.4, 0.5) is 0 Å². The standard InChI is InChI=1S/C25H33NO/c1-20(2)25(17-10-5-11-18-25)24(27)26-19-16-23(21-12-6-3-7-13-21)22-14-8-4-9-15-22/h3-4,6-9,12-15,20,23H,5,10-11,16-19H2,1-2H3,(H,26,27). The summed E-state index contributed by atoms with van der Waals surface area (Å²) in [6.45, 7) is 5.14. The number of carbonyl (C=O) groups is 1. The predicted octanol–water partition coefficient (Wildman–Crippen LogP) is 5.93. The van der Waals surface area contributed by atoms with Gasteiger partial charge in [0.25, 0.3) is 0 Å². The van der Waals surface area contributed by atoms with Crippen LogP contribution in [-0.2, 0) is 4.79 Å². The number of amides is 1. The van der Waals surface area contributed by atoms with Gasteiger partial charge in [-0.2, -0.15) is 0 Å². The largest absolute Gasteiger partial charge is 0.356 e. The summed E-state index contributed by atoms with van der Waals surface area (Å²) in [7, 11) is 0. The molecule has 2 heteroatoms. The van der Waals surface area contributed by atoms with Crippen molar-refractivity contribution in [2.75, 3.05) is 6.54 Å². The van der Waals surface area contributed by atoms with Crippen molar-refractivity contribution in [2.45, 2.75) is 58.3 Å². The van der Waals surface area contributed by atoms with Crippen LogP contribution in [-0.4, -0.2) is 12.5 Å². The van der Waals surface area contributed by atoms with Crippen LogP contribution in [0.3, 0.4) is 0 Å². The Labute approximate surface area is 164 Å². The third-order valence-electron chi connectivity index (χ3n) is 6.43. The van der Waals surface area contributed by atoms with Gasteiger partial charge in [0.05, 0.1) is 5.41 Å². The summed E-state index contributed by atoms with van der Waals surface area (Å²) in [6.07, 6.45) is 6.64. The Morgan fingerprint density at radius 2 is 1.41 bits per heavy atom. The van der Waals surface area contributed by atoms with E-state index in [1.54, 1.807) is 0 Å². The molecule has 1 aliphatic carbocycles. The van der Waals surface area contributed by atoms with Crippen molar-refractivity contribution in [3.8, 4) is 0 Å². The van der Waals surface area contributed by atoms with Crippen LogP contribution in [0.5, 0.6) is 0 Å². The molecule has 1 aliphatic rings. The molecule has 2 aromatic carbocycles. The van der Waals surface area contributed by atoms with Gasteiger partial charge in [-0.15, -0.1) is 0 Å². The summed E-state index contributed by atoms with van der Waals surface area (Å²) in [5.41, 5.74) is 2.47. The summed E-state index contributed by atoms with van der Waals surface area (Å²) in [5, 5.41) is 3.31. The molecular formula is C25H33NO. The molecule has 3 rings (SSSR count). The minimum absolute atomic E-state index is 0.159. The molecule has 1 saturated carbocycles. The zero-order valence-corrected chi connectivity index (χ0v) is 16.8. The first kappa shape index (κ1) is 19.7. The van der Waals surface area contributed by atoms with E-state index in [4.69, 9.17) is 0 Å². The van der Waals surface area contributed by atoms with Crippen molar-refractivity contribution >= 4 is 5.91 Å². The lowest BCUT2D eigenvalue weighted by molar-refractivity contribution is -0.136. The first-order chi connectivity index (χ1) is 13.1. The molecule has 1 amide bonds. The zero-order valence-electron chi connectivity index (χ0n) is 16.8. The third kappa shape index (κ3) is 4.61.